The van der Waals surface area contributed by atoms with Crippen molar-refractivity contribution in [1.82, 2.24) is 19.8 Å². The van der Waals surface area contributed by atoms with Crippen LogP contribution in [0.4, 0.5) is 4.39 Å². The first kappa shape index (κ1) is 22.6. The number of aromatic nitrogens is 2. The Kier molecular flexibility index (Phi) is 6.81. The number of hydrogen-bond acceptors (Lipinski definition) is 6. The molecule has 3 aromatic rings. The lowest BCUT2D eigenvalue weighted by Crippen LogP contribution is -2.44. The van der Waals surface area contributed by atoms with Crippen LogP contribution in [-0.4, -0.2) is 45.7 Å². The van der Waals surface area contributed by atoms with E-state index in [0.717, 1.165) is 5.56 Å². The number of fused-ring (bicyclic) bond motifs is 1. The minimum absolute atomic E-state index is 0.0994. The van der Waals surface area contributed by atoms with Gasteiger partial charge in [-0.1, -0.05) is 42.5 Å². The quantitative estimate of drug-likeness (QED) is 0.571. The molecule has 1 aliphatic rings. The van der Waals surface area contributed by atoms with Gasteiger partial charge in [-0.2, -0.15) is 0 Å². The molecule has 8 nitrogen and oxygen atoms in total. The molecule has 4 rings (SSSR count). The van der Waals surface area contributed by atoms with E-state index in [1.54, 1.807) is 12.1 Å². The molecule has 0 fully saturated rings. The smallest absolute Gasteiger partial charge is 0.296 e. The van der Waals surface area contributed by atoms with Crippen LogP contribution in [0.3, 0.4) is 0 Å². The second kappa shape index (κ2) is 9.93. The molecule has 0 aliphatic carbocycles. The van der Waals surface area contributed by atoms with Crippen molar-refractivity contribution in [3.05, 3.63) is 93.4 Å². The largest absolute Gasteiger partial charge is 0.501 e. The van der Waals surface area contributed by atoms with Crippen LogP contribution in [0.15, 0.2) is 59.4 Å². The lowest BCUT2D eigenvalue weighted by atomic mass is 10.1. The fraction of sp³-hybridized carbons (Fsp3) is 0.292. The summed E-state index contributed by atoms with van der Waals surface area (Å²) in [5.74, 6) is -1.39. The molecular weight excluding hydrogens is 427 g/mol. The number of likely N-dealkylation sites (N-methyl/N-ethyl adjacent to an activating group) is 1. The lowest BCUT2D eigenvalue weighted by Gasteiger charge is -2.34. The van der Waals surface area contributed by atoms with Gasteiger partial charge < -0.3 is 15.2 Å². The van der Waals surface area contributed by atoms with Gasteiger partial charge in [-0.25, -0.2) is 9.37 Å². The van der Waals surface area contributed by atoms with E-state index in [-0.39, 0.29) is 30.7 Å². The average molecular weight is 452 g/mol. The standard InChI is InChI=1S/C24H25FN4O4/c1-28-11-12-29-22(19(28)15-33-14-17-5-3-2-4-6-17)27-20(21(30)24(29)32)23(31)26-13-16-7-9-18(25)10-8-16/h2-10,19,30H,11-15H2,1H3,(H,26,31). The van der Waals surface area contributed by atoms with Gasteiger partial charge in [0.25, 0.3) is 11.5 Å². The minimum atomic E-state index is -0.691. The summed E-state index contributed by atoms with van der Waals surface area (Å²) < 4.78 is 20.4. The molecule has 33 heavy (non-hydrogen) atoms. The first-order valence-electron chi connectivity index (χ1n) is 10.6. The molecule has 1 unspecified atom stereocenters. The van der Waals surface area contributed by atoms with Crippen molar-refractivity contribution in [2.75, 3.05) is 20.2 Å². The van der Waals surface area contributed by atoms with Crippen molar-refractivity contribution in [2.45, 2.75) is 25.7 Å². The fourth-order valence-electron chi connectivity index (χ4n) is 3.73. The van der Waals surface area contributed by atoms with Gasteiger partial charge in [0.2, 0.25) is 5.75 Å². The Hall–Kier alpha value is -3.56. The molecular formula is C24H25FN4O4. The third kappa shape index (κ3) is 5.10. The zero-order valence-corrected chi connectivity index (χ0v) is 18.2. The lowest BCUT2D eigenvalue weighted by molar-refractivity contribution is 0.0430. The van der Waals surface area contributed by atoms with Crippen LogP contribution in [0.2, 0.25) is 0 Å². The van der Waals surface area contributed by atoms with Crippen LogP contribution < -0.4 is 10.9 Å². The van der Waals surface area contributed by atoms with Gasteiger partial charge in [0, 0.05) is 19.6 Å². The first-order chi connectivity index (χ1) is 15.9. The Morgan fingerprint density at radius 2 is 1.88 bits per heavy atom. The average Bonchev–Trinajstić information content (AvgIpc) is 2.82. The van der Waals surface area contributed by atoms with Crippen molar-refractivity contribution in [1.29, 1.82) is 0 Å². The number of nitrogens with zero attached hydrogens (tertiary/aromatic N) is 3. The van der Waals surface area contributed by atoms with E-state index in [4.69, 9.17) is 4.74 Å². The number of ether oxygens (including phenoxy) is 1. The molecule has 172 valence electrons. The van der Waals surface area contributed by atoms with Crippen LogP contribution >= 0.6 is 0 Å². The minimum Gasteiger partial charge on any atom is -0.501 e. The molecule has 1 aromatic heterocycles. The highest BCUT2D eigenvalue weighted by atomic mass is 19.1. The van der Waals surface area contributed by atoms with Gasteiger partial charge in [-0.05, 0) is 30.3 Å². The summed E-state index contributed by atoms with van der Waals surface area (Å²) >= 11 is 0. The molecule has 1 amide bonds. The van der Waals surface area contributed by atoms with Crippen molar-refractivity contribution < 1.29 is 19.0 Å². The Balaban J connectivity index is 1.53. The van der Waals surface area contributed by atoms with Crippen molar-refractivity contribution >= 4 is 5.91 Å². The zero-order valence-electron chi connectivity index (χ0n) is 18.2. The highest BCUT2D eigenvalue weighted by Crippen LogP contribution is 2.24. The molecule has 1 aliphatic heterocycles. The molecule has 2 aromatic carbocycles. The molecule has 0 spiro atoms. The second-order valence-electron chi connectivity index (χ2n) is 7.93. The maximum absolute atomic E-state index is 13.1. The van der Waals surface area contributed by atoms with Crippen LogP contribution in [0, 0.1) is 5.82 Å². The first-order valence-corrected chi connectivity index (χ1v) is 10.6. The van der Waals surface area contributed by atoms with E-state index in [9.17, 15) is 19.1 Å². The monoisotopic (exact) mass is 452 g/mol. The Morgan fingerprint density at radius 3 is 2.61 bits per heavy atom. The van der Waals surface area contributed by atoms with E-state index >= 15 is 0 Å². The van der Waals surface area contributed by atoms with E-state index in [1.807, 2.05) is 42.3 Å². The van der Waals surface area contributed by atoms with Gasteiger partial charge in [-0.15, -0.1) is 0 Å². The predicted molar refractivity (Wildman–Crippen MR) is 119 cm³/mol. The van der Waals surface area contributed by atoms with Crippen LogP contribution in [0.25, 0.3) is 0 Å². The number of aromatic hydroxyl groups is 1. The molecule has 9 heteroatoms. The molecule has 0 saturated heterocycles. The summed E-state index contributed by atoms with van der Waals surface area (Å²) in [4.78, 5) is 31.9. The van der Waals surface area contributed by atoms with E-state index < -0.39 is 17.2 Å². The van der Waals surface area contributed by atoms with Crippen LogP contribution in [-0.2, 0) is 24.4 Å². The van der Waals surface area contributed by atoms with Crippen molar-refractivity contribution in [3.63, 3.8) is 0 Å². The Bertz CT molecular complexity index is 1180. The number of rotatable bonds is 7. The number of halogens is 1. The highest BCUT2D eigenvalue weighted by Gasteiger charge is 2.31. The van der Waals surface area contributed by atoms with Gasteiger partial charge in [0.15, 0.2) is 5.69 Å². The number of carbonyl (C=O) groups is 1. The zero-order chi connectivity index (χ0) is 23.4. The van der Waals surface area contributed by atoms with E-state index in [0.29, 0.717) is 31.1 Å². The SMILES string of the molecule is CN1CCn2c(nc(C(=O)NCc3ccc(F)cc3)c(O)c2=O)C1COCc1ccccc1. The normalized spacial score (nSPS) is 15.8. The number of hydrogen-bond donors (Lipinski definition) is 2. The third-order valence-electron chi connectivity index (χ3n) is 5.65. The summed E-state index contributed by atoms with van der Waals surface area (Å²) in [6, 6.07) is 15.0. The summed E-state index contributed by atoms with van der Waals surface area (Å²) in [6.45, 7) is 1.68. The summed E-state index contributed by atoms with van der Waals surface area (Å²) in [7, 11) is 1.90. The Morgan fingerprint density at radius 1 is 1.15 bits per heavy atom. The van der Waals surface area contributed by atoms with Gasteiger partial charge in [0.1, 0.15) is 11.6 Å². The third-order valence-corrected chi connectivity index (χ3v) is 5.65. The molecule has 0 bridgehead atoms. The van der Waals surface area contributed by atoms with E-state index in [1.165, 1.54) is 16.7 Å². The van der Waals surface area contributed by atoms with Gasteiger partial charge in [-0.3, -0.25) is 19.1 Å². The number of nitrogens with one attached hydrogen (secondary N) is 1. The molecule has 2 heterocycles. The molecule has 1 atom stereocenters. The highest BCUT2D eigenvalue weighted by molar-refractivity contribution is 5.94. The number of amides is 1. The van der Waals surface area contributed by atoms with Gasteiger partial charge >= 0.3 is 0 Å². The molecule has 0 saturated carbocycles. The summed E-state index contributed by atoms with van der Waals surface area (Å²) in [6.07, 6.45) is 0. The Labute approximate surface area is 190 Å². The van der Waals surface area contributed by atoms with Gasteiger partial charge in [0.05, 0.1) is 19.3 Å². The predicted octanol–water partition coefficient (Wildman–Crippen LogP) is 2.22. The van der Waals surface area contributed by atoms with E-state index in [2.05, 4.69) is 10.3 Å². The maximum atomic E-state index is 13.1. The van der Waals surface area contributed by atoms with Crippen molar-refractivity contribution in [2.24, 2.45) is 0 Å². The van der Waals surface area contributed by atoms with Crippen LogP contribution in [0.5, 0.6) is 5.75 Å². The topological polar surface area (TPSA) is 96.7 Å². The van der Waals surface area contributed by atoms with Crippen molar-refractivity contribution in [3.8, 4) is 5.75 Å². The molecule has 0 radical (unpaired) electrons. The maximum Gasteiger partial charge on any atom is 0.296 e. The summed E-state index contributed by atoms with van der Waals surface area (Å²) in [5.41, 5.74) is 0.698. The number of carbonyl (C=O) groups excluding carboxylic acids is 1. The summed E-state index contributed by atoms with van der Waals surface area (Å²) in [5, 5.41) is 13.0. The number of benzene rings is 2. The second-order valence-corrected chi connectivity index (χ2v) is 7.93. The molecule has 2 N–H and O–H groups in total. The van der Waals surface area contributed by atoms with Crippen LogP contribution in [0.1, 0.15) is 33.5 Å². The fourth-order valence-corrected chi connectivity index (χ4v) is 3.73.